The van der Waals surface area contributed by atoms with Gasteiger partial charge in [-0.25, -0.2) is 0 Å². The molecule has 0 radical (unpaired) electrons. The van der Waals surface area contributed by atoms with E-state index in [1.165, 1.54) is 0 Å². The molecule has 2 nitrogen and oxygen atoms in total. The van der Waals surface area contributed by atoms with E-state index in [2.05, 4.69) is 22.6 Å². The fourth-order valence-corrected chi connectivity index (χ4v) is 3.03. The first-order valence-electron chi connectivity index (χ1n) is 6.22. The Morgan fingerprint density at radius 1 is 1.10 bits per heavy atom. The average Bonchev–Trinajstić information content (AvgIpc) is 2.42. The largest absolute Gasteiger partial charge is 0.496 e. The Morgan fingerprint density at radius 2 is 1.80 bits per heavy atom. The lowest BCUT2D eigenvalue weighted by molar-refractivity contribution is 0.218. The summed E-state index contributed by atoms with van der Waals surface area (Å²) in [7, 11) is 1.65. The van der Waals surface area contributed by atoms with Gasteiger partial charge in [0, 0.05) is 8.59 Å². The Morgan fingerprint density at radius 3 is 2.45 bits per heavy atom. The molecule has 0 aromatic heterocycles. The van der Waals surface area contributed by atoms with Crippen LogP contribution in [0, 0.1) is 17.4 Å². The van der Waals surface area contributed by atoms with Gasteiger partial charge in [0.2, 0.25) is 0 Å². The predicted octanol–water partition coefficient (Wildman–Crippen LogP) is 4.65. The second kappa shape index (κ2) is 6.33. The molecule has 0 spiro atoms. The van der Waals surface area contributed by atoms with E-state index >= 15 is 0 Å². The molecule has 2 aromatic rings. The molecular weight excluding hydrogens is 387 g/mol. The van der Waals surface area contributed by atoms with Crippen molar-refractivity contribution in [3.8, 4) is 5.75 Å². The fraction of sp³-hybridized carbons (Fsp3) is 0.250. The first-order valence-corrected chi connectivity index (χ1v) is 7.68. The van der Waals surface area contributed by atoms with Gasteiger partial charge in [-0.1, -0.05) is 11.6 Å². The van der Waals surface area contributed by atoms with Crippen molar-refractivity contribution >= 4 is 34.2 Å². The normalized spacial score (nSPS) is 12.3. The lowest BCUT2D eigenvalue weighted by Crippen LogP contribution is -2.05. The molecule has 2 aromatic carbocycles. The Kier molecular flexibility index (Phi) is 4.94. The third-order valence-corrected chi connectivity index (χ3v) is 4.55. The minimum Gasteiger partial charge on any atom is -0.496 e. The lowest BCUT2D eigenvalue weighted by Gasteiger charge is -2.18. The average molecular weight is 403 g/mol. The standard InChI is InChI=1S/C16H16ClIO2/c1-9-7-15(20-3)10(2)6-12(9)16(19)13-8-11(17)4-5-14(13)18/h4-8,16,19H,1-3H3. The second-order valence-corrected chi connectivity index (χ2v) is 6.35. The van der Waals surface area contributed by atoms with Crippen LogP contribution >= 0.6 is 34.2 Å². The van der Waals surface area contributed by atoms with Gasteiger partial charge >= 0.3 is 0 Å². The van der Waals surface area contributed by atoms with Gasteiger partial charge in [0.1, 0.15) is 11.9 Å². The minimum atomic E-state index is -0.690. The monoisotopic (exact) mass is 402 g/mol. The number of benzene rings is 2. The zero-order chi connectivity index (χ0) is 14.9. The number of hydrogen-bond acceptors (Lipinski definition) is 2. The zero-order valence-corrected chi connectivity index (χ0v) is 14.5. The number of aliphatic hydroxyl groups excluding tert-OH is 1. The number of hydrogen-bond donors (Lipinski definition) is 1. The molecule has 1 atom stereocenters. The molecule has 1 N–H and O–H groups in total. The number of aryl methyl sites for hydroxylation is 2. The van der Waals surface area contributed by atoms with Crippen molar-refractivity contribution in [3.05, 3.63) is 61.2 Å². The van der Waals surface area contributed by atoms with Crippen molar-refractivity contribution in [2.24, 2.45) is 0 Å². The summed E-state index contributed by atoms with van der Waals surface area (Å²) < 4.78 is 6.30. The molecule has 0 saturated heterocycles. The smallest absolute Gasteiger partial charge is 0.122 e. The van der Waals surface area contributed by atoms with Crippen molar-refractivity contribution in [1.82, 2.24) is 0 Å². The summed E-state index contributed by atoms with van der Waals surface area (Å²) in [6.45, 7) is 3.94. The van der Waals surface area contributed by atoms with Gasteiger partial charge in [0.25, 0.3) is 0 Å². The number of aliphatic hydroxyl groups is 1. The molecule has 2 rings (SSSR count). The van der Waals surface area contributed by atoms with Crippen molar-refractivity contribution in [3.63, 3.8) is 0 Å². The predicted molar refractivity (Wildman–Crippen MR) is 90.7 cm³/mol. The van der Waals surface area contributed by atoms with E-state index in [0.717, 1.165) is 31.6 Å². The maximum absolute atomic E-state index is 10.7. The SMILES string of the molecule is COc1cc(C)c(C(O)c2cc(Cl)ccc2I)cc1C. The summed E-state index contributed by atoms with van der Waals surface area (Å²) >= 11 is 8.24. The molecule has 4 heteroatoms. The molecule has 0 fully saturated rings. The van der Waals surface area contributed by atoms with Gasteiger partial charge in [-0.05, 0) is 89.0 Å². The van der Waals surface area contributed by atoms with Gasteiger partial charge in [-0.15, -0.1) is 0 Å². The van der Waals surface area contributed by atoms with Gasteiger partial charge < -0.3 is 9.84 Å². The Labute approximate surface area is 137 Å². The Hall–Kier alpha value is -0.780. The Balaban J connectivity index is 2.50. The molecule has 20 heavy (non-hydrogen) atoms. The highest BCUT2D eigenvalue weighted by Gasteiger charge is 2.17. The van der Waals surface area contributed by atoms with E-state index in [-0.39, 0.29) is 0 Å². The molecule has 0 aliphatic carbocycles. The van der Waals surface area contributed by atoms with E-state index in [0.29, 0.717) is 5.02 Å². The maximum atomic E-state index is 10.7. The van der Waals surface area contributed by atoms with E-state index in [4.69, 9.17) is 16.3 Å². The van der Waals surface area contributed by atoms with Crippen LogP contribution in [0.5, 0.6) is 5.75 Å². The number of ether oxygens (including phenoxy) is 1. The molecule has 0 heterocycles. The van der Waals surface area contributed by atoms with E-state index in [9.17, 15) is 5.11 Å². The summed E-state index contributed by atoms with van der Waals surface area (Å²) in [5.74, 6) is 0.833. The number of halogens is 2. The van der Waals surface area contributed by atoms with Crippen molar-refractivity contribution in [2.75, 3.05) is 7.11 Å². The summed E-state index contributed by atoms with van der Waals surface area (Å²) in [6, 6.07) is 9.47. The number of rotatable bonds is 3. The van der Waals surface area contributed by atoms with Gasteiger partial charge in [-0.3, -0.25) is 0 Å². The van der Waals surface area contributed by atoms with E-state index in [1.807, 2.05) is 44.2 Å². The second-order valence-electron chi connectivity index (χ2n) is 4.75. The molecular formula is C16H16ClIO2. The molecule has 0 aliphatic rings. The molecule has 106 valence electrons. The van der Waals surface area contributed by atoms with Gasteiger partial charge in [0.05, 0.1) is 7.11 Å². The minimum absolute atomic E-state index is 0.627. The molecule has 1 unspecified atom stereocenters. The van der Waals surface area contributed by atoms with Crippen LogP contribution in [-0.2, 0) is 0 Å². The van der Waals surface area contributed by atoms with Crippen LogP contribution < -0.4 is 4.74 Å². The van der Waals surface area contributed by atoms with Crippen LogP contribution in [0.4, 0.5) is 0 Å². The van der Waals surface area contributed by atoms with E-state index in [1.54, 1.807) is 7.11 Å². The van der Waals surface area contributed by atoms with Crippen LogP contribution in [0.25, 0.3) is 0 Å². The third kappa shape index (κ3) is 3.10. The molecule has 0 aliphatic heterocycles. The third-order valence-electron chi connectivity index (χ3n) is 3.33. The van der Waals surface area contributed by atoms with Crippen LogP contribution in [0.1, 0.15) is 28.4 Å². The summed E-state index contributed by atoms with van der Waals surface area (Å²) in [6.07, 6.45) is -0.690. The molecule has 0 bridgehead atoms. The summed E-state index contributed by atoms with van der Waals surface area (Å²) in [4.78, 5) is 0. The summed E-state index contributed by atoms with van der Waals surface area (Å²) in [5, 5.41) is 11.3. The summed E-state index contributed by atoms with van der Waals surface area (Å²) in [5.41, 5.74) is 3.70. The number of methoxy groups -OCH3 is 1. The first kappa shape index (κ1) is 15.6. The maximum Gasteiger partial charge on any atom is 0.122 e. The van der Waals surface area contributed by atoms with Gasteiger partial charge in [-0.2, -0.15) is 0 Å². The molecule has 0 saturated carbocycles. The fourth-order valence-electron chi connectivity index (χ4n) is 2.22. The topological polar surface area (TPSA) is 29.5 Å². The first-order chi connectivity index (χ1) is 9.43. The Bertz CT molecular complexity index is 641. The highest BCUT2D eigenvalue weighted by atomic mass is 127. The highest BCUT2D eigenvalue weighted by molar-refractivity contribution is 14.1. The van der Waals surface area contributed by atoms with Crippen molar-refractivity contribution < 1.29 is 9.84 Å². The molecule has 0 amide bonds. The van der Waals surface area contributed by atoms with Crippen LogP contribution in [0.3, 0.4) is 0 Å². The van der Waals surface area contributed by atoms with Crippen LogP contribution in [-0.4, -0.2) is 12.2 Å². The van der Waals surface area contributed by atoms with Crippen molar-refractivity contribution in [1.29, 1.82) is 0 Å². The van der Waals surface area contributed by atoms with E-state index < -0.39 is 6.10 Å². The zero-order valence-electron chi connectivity index (χ0n) is 11.6. The van der Waals surface area contributed by atoms with Crippen molar-refractivity contribution in [2.45, 2.75) is 20.0 Å². The van der Waals surface area contributed by atoms with Crippen LogP contribution in [0.2, 0.25) is 5.02 Å². The quantitative estimate of drug-likeness (QED) is 0.757. The highest BCUT2D eigenvalue weighted by Crippen LogP contribution is 2.33. The van der Waals surface area contributed by atoms with Gasteiger partial charge in [0.15, 0.2) is 0 Å². The van der Waals surface area contributed by atoms with Crippen LogP contribution in [0.15, 0.2) is 30.3 Å². The lowest BCUT2D eigenvalue weighted by atomic mass is 9.95.